The molecule has 0 bridgehead atoms. The van der Waals surface area contributed by atoms with Gasteiger partial charge in [-0.05, 0) is 30.5 Å². The van der Waals surface area contributed by atoms with Crippen LogP contribution in [0.1, 0.15) is 26.3 Å². The summed E-state index contributed by atoms with van der Waals surface area (Å²) in [5, 5.41) is 6.09. The molecule has 4 nitrogen and oxygen atoms in total. The van der Waals surface area contributed by atoms with Gasteiger partial charge in [0.25, 0.3) is 0 Å². The maximum absolute atomic E-state index is 11.7. The quantitative estimate of drug-likeness (QED) is 0.791. The summed E-state index contributed by atoms with van der Waals surface area (Å²) in [6.45, 7) is 7.18. The Morgan fingerprint density at radius 3 is 2.68 bits per heavy atom. The van der Waals surface area contributed by atoms with E-state index in [0.717, 1.165) is 11.3 Å². The first-order valence-corrected chi connectivity index (χ1v) is 6.66. The molecule has 0 saturated heterocycles. The van der Waals surface area contributed by atoms with Crippen LogP contribution in [-0.4, -0.2) is 25.6 Å². The van der Waals surface area contributed by atoms with Crippen LogP contribution in [-0.2, 0) is 11.3 Å². The Morgan fingerprint density at radius 2 is 2.05 bits per heavy atom. The van der Waals surface area contributed by atoms with E-state index in [4.69, 9.17) is 4.74 Å². The Bertz CT molecular complexity index is 405. The molecule has 0 aliphatic rings. The summed E-state index contributed by atoms with van der Waals surface area (Å²) in [5.41, 5.74) is 1.10. The first-order valence-electron chi connectivity index (χ1n) is 6.66. The van der Waals surface area contributed by atoms with E-state index in [1.54, 1.807) is 7.11 Å². The molecule has 0 aliphatic heterocycles. The van der Waals surface area contributed by atoms with Crippen LogP contribution in [0.4, 0.5) is 0 Å². The van der Waals surface area contributed by atoms with Gasteiger partial charge >= 0.3 is 0 Å². The first-order chi connectivity index (χ1) is 9.02. The van der Waals surface area contributed by atoms with E-state index in [2.05, 4.69) is 24.5 Å². The monoisotopic (exact) mass is 264 g/mol. The van der Waals surface area contributed by atoms with Gasteiger partial charge in [-0.25, -0.2) is 0 Å². The Labute approximate surface area is 115 Å². The highest BCUT2D eigenvalue weighted by Crippen LogP contribution is 2.11. The summed E-state index contributed by atoms with van der Waals surface area (Å²) in [6, 6.07) is 8.01. The van der Waals surface area contributed by atoms with Gasteiger partial charge in [0.05, 0.1) is 13.7 Å². The molecular weight excluding hydrogens is 240 g/mol. The molecule has 1 atom stereocenters. The Balaban J connectivity index is 2.31. The lowest BCUT2D eigenvalue weighted by Crippen LogP contribution is -2.41. The van der Waals surface area contributed by atoms with Crippen LogP contribution in [0.3, 0.4) is 0 Å². The van der Waals surface area contributed by atoms with Gasteiger partial charge in [-0.3, -0.25) is 4.79 Å². The molecule has 4 heteroatoms. The van der Waals surface area contributed by atoms with Gasteiger partial charge in [0.1, 0.15) is 5.75 Å². The van der Waals surface area contributed by atoms with Crippen LogP contribution in [0.15, 0.2) is 24.3 Å². The average Bonchev–Trinajstić information content (AvgIpc) is 2.38. The molecule has 1 aromatic rings. The molecule has 0 aliphatic carbocycles. The van der Waals surface area contributed by atoms with Crippen molar-refractivity contribution in [2.24, 2.45) is 5.92 Å². The van der Waals surface area contributed by atoms with Crippen molar-refractivity contribution in [2.75, 3.05) is 13.7 Å². The topological polar surface area (TPSA) is 50.4 Å². The van der Waals surface area contributed by atoms with Crippen LogP contribution < -0.4 is 15.4 Å². The number of nitrogens with one attached hydrogen (secondary N) is 2. The van der Waals surface area contributed by atoms with Gasteiger partial charge in [0.2, 0.25) is 5.91 Å². The summed E-state index contributed by atoms with van der Waals surface area (Å²) in [6.07, 6.45) is 0. The minimum absolute atomic E-state index is 0.0316. The number of carbonyl (C=O) groups is 1. The Kier molecular flexibility index (Phi) is 6.36. The molecular formula is C15H24N2O2. The highest BCUT2D eigenvalue weighted by Gasteiger charge is 2.09. The zero-order valence-corrected chi connectivity index (χ0v) is 12.2. The van der Waals surface area contributed by atoms with Crippen LogP contribution >= 0.6 is 0 Å². The predicted molar refractivity (Wildman–Crippen MR) is 77.1 cm³/mol. The second-order valence-corrected chi connectivity index (χ2v) is 5.06. The van der Waals surface area contributed by atoms with Crippen LogP contribution in [0.5, 0.6) is 5.75 Å². The number of benzene rings is 1. The van der Waals surface area contributed by atoms with Crippen molar-refractivity contribution >= 4 is 5.91 Å². The molecule has 0 spiro atoms. The first kappa shape index (κ1) is 15.5. The minimum atomic E-state index is 0.0316. The summed E-state index contributed by atoms with van der Waals surface area (Å²) >= 11 is 0. The fourth-order valence-electron chi connectivity index (χ4n) is 1.57. The SMILES string of the molecule is COc1cccc(CNCC(=O)NC(C)C(C)C)c1. The molecule has 2 N–H and O–H groups in total. The Hall–Kier alpha value is -1.55. The molecule has 0 heterocycles. The van der Waals surface area contributed by atoms with E-state index in [0.29, 0.717) is 19.0 Å². The van der Waals surface area contributed by atoms with Crippen LogP contribution in [0.25, 0.3) is 0 Å². The van der Waals surface area contributed by atoms with E-state index in [-0.39, 0.29) is 11.9 Å². The fourth-order valence-corrected chi connectivity index (χ4v) is 1.57. The fraction of sp³-hybridized carbons (Fsp3) is 0.533. The zero-order chi connectivity index (χ0) is 14.3. The van der Waals surface area contributed by atoms with Gasteiger partial charge in [0, 0.05) is 12.6 Å². The number of ether oxygens (including phenoxy) is 1. The number of hydrogen-bond donors (Lipinski definition) is 2. The van der Waals surface area contributed by atoms with Gasteiger partial charge in [0.15, 0.2) is 0 Å². The van der Waals surface area contributed by atoms with Crippen molar-refractivity contribution < 1.29 is 9.53 Å². The van der Waals surface area contributed by atoms with E-state index in [1.165, 1.54) is 0 Å². The smallest absolute Gasteiger partial charge is 0.234 e. The number of methoxy groups -OCH3 is 1. The van der Waals surface area contributed by atoms with E-state index >= 15 is 0 Å². The largest absolute Gasteiger partial charge is 0.497 e. The highest BCUT2D eigenvalue weighted by molar-refractivity contribution is 5.78. The van der Waals surface area contributed by atoms with Crippen molar-refractivity contribution in [3.05, 3.63) is 29.8 Å². The molecule has 19 heavy (non-hydrogen) atoms. The molecule has 1 rings (SSSR count). The second kappa shape index (κ2) is 7.79. The maximum atomic E-state index is 11.7. The van der Waals surface area contributed by atoms with Crippen molar-refractivity contribution in [1.82, 2.24) is 10.6 Å². The summed E-state index contributed by atoms with van der Waals surface area (Å²) < 4.78 is 5.15. The molecule has 0 aromatic heterocycles. The molecule has 1 aromatic carbocycles. The zero-order valence-electron chi connectivity index (χ0n) is 12.2. The van der Waals surface area contributed by atoms with Gasteiger partial charge < -0.3 is 15.4 Å². The van der Waals surface area contributed by atoms with Gasteiger partial charge in [-0.15, -0.1) is 0 Å². The third-order valence-corrected chi connectivity index (χ3v) is 3.14. The standard InChI is InChI=1S/C15H24N2O2/c1-11(2)12(3)17-15(18)10-16-9-13-6-5-7-14(8-13)19-4/h5-8,11-12,16H,9-10H2,1-4H3,(H,17,18). The van der Waals surface area contributed by atoms with Crippen molar-refractivity contribution in [3.8, 4) is 5.75 Å². The summed E-state index contributed by atoms with van der Waals surface area (Å²) in [5.74, 6) is 1.31. The maximum Gasteiger partial charge on any atom is 0.234 e. The van der Waals surface area contributed by atoms with Gasteiger partial charge in [-0.1, -0.05) is 26.0 Å². The number of amides is 1. The third-order valence-electron chi connectivity index (χ3n) is 3.14. The third kappa shape index (κ3) is 5.75. The summed E-state index contributed by atoms with van der Waals surface area (Å²) in [7, 11) is 1.65. The minimum Gasteiger partial charge on any atom is -0.497 e. The van der Waals surface area contributed by atoms with Crippen molar-refractivity contribution in [2.45, 2.75) is 33.4 Å². The van der Waals surface area contributed by atoms with Crippen molar-refractivity contribution in [1.29, 1.82) is 0 Å². The lowest BCUT2D eigenvalue weighted by Gasteiger charge is -2.17. The molecule has 1 unspecified atom stereocenters. The summed E-state index contributed by atoms with van der Waals surface area (Å²) in [4.78, 5) is 11.7. The lowest BCUT2D eigenvalue weighted by molar-refractivity contribution is -0.121. The van der Waals surface area contributed by atoms with E-state index in [1.807, 2.05) is 31.2 Å². The normalized spacial score (nSPS) is 12.3. The number of rotatable bonds is 7. The van der Waals surface area contributed by atoms with E-state index < -0.39 is 0 Å². The molecule has 106 valence electrons. The van der Waals surface area contributed by atoms with Crippen LogP contribution in [0, 0.1) is 5.92 Å². The molecule has 0 fully saturated rings. The molecule has 0 saturated carbocycles. The lowest BCUT2D eigenvalue weighted by atomic mass is 10.1. The Morgan fingerprint density at radius 1 is 1.32 bits per heavy atom. The number of hydrogen-bond acceptors (Lipinski definition) is 3. The van der Waals surface area contributed by atoms with Crippen LogP contribution in [0.2, 0.25) is 0 Å². The molecule has 1 amide bonds. The van der Waals surface area contributed by atoms with Gasteiger partial charge in [-0.2, -0.15) is 0 Å². The molecule has 0 radical (unpaired) electrons. The van der Waals surface area contributed by atoms with E-state index in [9.17, 15) is 4.79 Å². The average molecular weight is 264 g/mol. The highest BCUT2D eigenvalue weighted by atomic mass is 16.5. The number of carbonyl (C=O) groups excluding carboxylic acids is 1. The van der Waals surface area contributed by atoms with Crippen molar-refractivity contribution in [3.63, 3.8) is 0 Å². The second-order valence-electron chi connectivity index (χ2n) is 5.06. The predicted octanol–water partition coefficient (Wildman–Crippen LogP) is 1.95.